The second kappa shape index (κ2) is 8.53. The number of aromatic carboxylic acids is 1. The van der Waals surface area contributed by atoms with Crippen LogP contribution in [-0.4, -0.2) is 22.7 Å². The van der Waals surface area contributed by atoms with Crippen LogP contribution in [0.2, 0.25) is 0 Å². The molecule has 2 aromatic carbocycles. The Morgan fingerprint density at radius 3 is 2.63 bits per heavy atom. The molecule has 0 atom stereocenters. The van der Waals surface area contributed by atoms with Crippen molar-refractivity contribution in [3.8, 4) is 22.8 Å². The molecule has 0 radical (unpaired) electrons. The summed E-state index contributed by atoms with van der Waals surface area (Å²) in [7, 11) is 0. The van der Waals surface area contributed by atoms with Crippen molar-refractivity contribution < 1.29 is 23.8 Å². The maximum atomic E-state index is 14.1. The molecule has 154 valence electrons. The zero-order chi connectivity index (χ0) is 21.1. The number of carbonyl (C=O) groups is 1. The zero-order valence-corrected chi connectivity index (χ0v) is 16.6. The van der Waals surface area contributed by atoms with Crippen LogP contribution in [-0.2, 0) is 6.61 Å². The number of nitrogens with zero attached hydrogens (tertiary/aromatic N) is 1. The lowest BCUT2D eigenvalue weighted by molar-refractivity contribution is 0.0696. The molecular weight excluding hydrogens is 385 g/mol. The number of ether oxygens (including phenoxy) is 2. The molecule has 1 fully saturated rings. The predicted molar refractivity (Wildman–Crippen MR) is 110 cm³/mol. The topological polar surface area (TPSA) is 68.7 Å². The second-order valence-electron chi connectivity index (χ2n) is 7.52. The average Bonchev–Trinajstić information content (AvgIpc) is 3.57. The first kappa shape index (κ1) is 19.9. The van der Waals surface area contributed by atoms with Gasteiger partial charge in [0.15, 0.2) is 0 Å². The highest BCUT2D eigenvalue weighted by Crippen LogP contribution is 2.31. The SMILES string of the molecule is Cc1ccc(OCc2ccc(C(=O)O)cc2F)cc1-c1ccc(OCC2CC2)nc1. The number of aryl methyl sites for hydroxylation is 1. The predicted octanol–water partition coefficient (Wildman–Crippen LogP) is 5.26. The Morgan fingerprint density at radius 2 is 1.97 bits per heavy atom. The van der Waals surface area contributed by atoms with Crippen LogP contribution in [0.1, 0.15) is 34.3 Å². The first-order valence-corrected chi connectivity index (χ1v) is 9.84. The maximum absolute atomic E-state index is 14.1. The van der Waals surface area contributed by atoms with Gasteiger partial charge >= 0.3 is 5.97 Å². The summed E-state index contributed by atoms with van der Waals surface area (Å²) in [5.41, 5.74) is 3.17. The number of carboxylic acids is 1. The summed E-state index contributed by atoms with van der Waals surface area (Å²) in [6.45, 7) is 2.72. The highest BCUT2D eigenvalue weighted by molar-refractivity contribution is 5.87. The van der Waals surface area contributed by atoms with E-state index < -0.39 is 11.8 Å². The number of hydrogen-bond acceptors (Lipinski definition) is 4. The zero-order valence-electron chi connectivity index (χ0n) is 16.6. The molecule has 0 unspecified atom stereocenters. The molecule has 1 N–H and O–H groups in total. The molecule has 0 bridgehead atoms. The quantitative estimate of drug-likeness (QED) is 0.551. The van der Waals surface area contributed by atoms with E-state index in [4.69, 9.17) is 14.6 Å². The molecule has 0 aliphatic heterocycles. The lowest BCUT2D eigenvalue weighted by Crippen LogP contribution is -2.02. The molecule has 5 nitrogen and oxygen atoms in total. The lowest BCUT2D eigenvalue weighted by Gasteiger charge is -2.12. The van der Waals surface area contributed by atoms with Crippen molar-refractivity contribution >= 4 is 5.97 Å². The first-order valence-electron chi connectivity index (χ1n) is 9.84. The highest BCUT2D eigenvalue weighted by atomic mass is 19.1. The van der Waals surface area contributed by atoms with Gasteiger partial charge in [-0.15, -0.1) is 0 Å². The van der Waals surface area contributed by atoms with E-state index in [1.807, 2.05) is 37.3 Å². The number of halogens is 1. The molecule has 1 aromatic heterocycles. The minimum atomic E-state index is -1.16. The van der Waals surface area contributed by atoms with Gasteiger partial charge in [-0.3, -0.25) is 0 Å². The number of rotatable bonds is 8. The van der Waals surface area contributed by atoms with Crippen LogP contribution >= 0.6 is 0 Å². The van der Waals surface area contributed by atoms with Gasteiger partial charge in [0.05, 0.1) is 12.2 Å². The molecule has 1 aliphatic rings. The van der Waals surface area contributed by atoms with Crippen LogP contribution < -0.4 is 9.47 Å². The van der Waals surface area contributed by atoms with Crippen molar-refractivity contribution in [3.63, 3.8) is 0 Å². The van der Waals surface area contributed by atoms with Crippen LogP contribution in [0, 0.1) is 18.7 Å². The smallest absolute Gasteiger partial charge is 0.335 e. The summed E-state index contributed by atoms with van der Waals surface area (Å²) < 4.78 is 25.6. The Kier molecular flexibility index (Phi) is 5.65. The number of aromatic nitrogens is 1. The van der Waals surface area contributed by atoms with E-state index in [1.165, 1.54) is 25.0 Å². The minimum Gasteiger partial charge on any atom is -0.489 e. The van der Waals surface area contributed by atoms with Gasteiger partial charge in [0.2, 0.25) is 5.88 Å². The number of pyridine rings is 1. The summed E-state index contributed by atoms with van der Waals surface area (Å²) >= 11 is 0. The molecule has 0 saturated heterocycles. The first-order chi connectivity index (χ1) is 14.5. The summed E-state index contributed by atoms with van der Waals surface area (Å²) in [4.78, 5) is 15.3. The summed E-state index contributed by atoms with van der Waals surface area (Å²) in [6.07, 6.45) is 4.24. The molecule has 1 saturated carbocycles. The average molecular weight is 407 g/mol. The van der Waals surface area contributed by atoms with Crippen LogP contribution in [0.15, 0.2) is 54.7 Å². The van der Waals surface area contributed by atoms with Gasteiger partial charge in [-0.25, -0.2) is 14.2 Å². The molecule has 1 aliphatic carbocycles. The Morgan fingerprint density at radius 1 is 1.13 bits per heavy atom. The van der Waals surface area contributed by atoms with E-state index in [1.54, 1.807) is 6.20 Å². The Balaban J connectivity index is 1.45. The fourth-order valence-electron chi connectivity index (χ4n) is 3.07. The molecule has 0 spiro atoms. The Labute approximate surface area is 174 Å². The van der Waals surface area contributed by atoms with Crippen LogP contribution in [0.5, 0.6) is 11.6 Å². The summed E-state index contributed by atoms with van der Waals surface area (Å²) in [5, 5.41) is 8.94. The molecule has 6 heteroatoms. The summed E-state index contributed by atoms with van der Waals surface area (Å²) in [6, 6.07) is 13.3. The minimum absolute atomic E-state index is 0.000424. The van der Waals surface area contributed by atoms with Crippen molar-refractivity contribution in [1.29, 1.82) is 0 Å². The number of benzene rings is 2. The van der Waals surface area contributed by atoms with Crippen LogP contribution in [0.25, 0.3) is 11.1 Å². The van der Waals surface area contributed by atoms with E-state index in [0.717, 1.165) is 29.4 Å². The Hall–Kier alpha value is -3.41. The van der Waals surface area contributed by atoms with Crippen molar-refractivity contribution in [2.24, 2.45) is 5.92 Å². The van der Waals surface area contributed by atoms with Gasteiger partial charge < -0.3 is 14.6 Å². The third-order valence-electron chi connectivity index (χ3n) is 5.11. The highest BCUT2D eigenvalue weighted by Gasteiger charge is 2.22. The van der Waals surface area contributed by atoms with Crippen molar-refractivity contribution in [1.82, 2.24) is 4.98 Å². The van der Waals surface area contributed by atoms with Gasteiger partial charge in [-0.2, -0.15) is 0 Å². The van der Waals surface area contributed by atoms with Gasteiger partial charge in [-0.1, -0.05) is 12.1 Å². The fourth-order valence-corrected chi connectivity index (χ4v) is 3.07. The molecule has 30 heavy (non-hydrogen) atoms. The van der Waals surface area contributed by atoms with E-state index in [0.29, 0.717) is 23.1 Å². The van der Waals surface area contributed by atoms with Gasteiger partial charge in [0.1, 0.15) is 18.2 Å². The second-order valence-corrected chi connectivity index (χ2v) is 7.52. The number of hydrogen-bond donors (Lipinski definition) is 1. The van der Waals surface area contributed by atoms with E-state index in [-0.39, 0.29) is 12.2 Å². The van der Waals surface area contributed by atoms with E-state index in [2.05, 4.69) is 4.98 Å². The molecule has 4 rings (SSSR count). The maximum Gasteiger partial charge on any atom is 0.335 e. The molecule has 0 amide bonds. The summed E-state index contributed by atoms with van der Waals surface area (Å²) in [5.74, 6) is 0.116. The monoisotopic (exact) mass is 407 g/mol. The van der Waals surface area contributed by atoms with Crippen molar-refractivity contribution in [3.05, 3.63) is 77.2 Å². The third-order valence-corrected chi connectivity index (χ3v) is 5.11. The lowest BCUT2D eigenvalue weighted by atomic mass is 10.0. The van der Waals surface area contributed by atoms with Gasteiger partial charge in [-0.05, 0) is 67.1 Å². The molecular formula is C24H22FNO4. The normalized spacial score (nSPS) is 13.1. The van der Waals surface area contributed by atoms with E-state index in [9.17, 15) is 9.18 Å². The Bertz CT molecular complexity index is 1060. The van der Waals surface area contributed by atoms with Crippen LogP contribution in [0.3, 0.4) is 0 Å². The van der Waals surface area contributed by atoms with Gasteiger partial charge in [0.25, 0.3) is 0 Å². The van der Waals surface area contributed by atoms with Crippen molar-refractivity contribution in [2.75, 3.05) is 6.61 Å². The van der Waals surface area contributed by atoms with Gasteiger partial charge in [0, 0.05) is 23.4 Å². The van der Waals surface area contributed by atoms with Crippen LogP contribution in [0.4, 0.5) is 4.39 Å². The fraction of sp³-hybridized carbons (Fsp3) is 0.250. The van der Waals surface area contributed by atoms with Crippen molar-refractivity contribution in [2.45, 2.75) is 26.4 Å². The number of carboxylic acid groups (broad SMARTS) is 1. The molecule has 1 heterocycles. The largest absolute Gasteiger partial charge is 0.489 e. The van der Waals surface area contributed by atoms with E-state index >= 15 is 0 Å². The molecule has 3 aromatic rings. The third kappa shape index (κ3) is 4.76. The standard InChI is InChI=1S/C24H22FNO4/c1-15-2-8-20(29-14-19-6-5-17(24(27)28)10-22(19)25)11-21(15)18-7-9-23(26-12-18)30-13-16-3-4-16/h2,5-12,16H,3-4,13-14H2,1H3,(H,27,28).